The smallest absolute Gasteiger partial charge is 0.343 e. The molecule has 3 aliphatic heterocycles. The maximum Gasteiger partial charge on any atom is 0.343 e. The van der Waals surface area contributed by atoms with Gasteiger partial charge in [0.1, 0.15) is 29.0 Å². The first-order valence-corrected chi connectivity index (χ1v) is 20.4. The highest BCUT2D eigenvalue weighted by Gasteiger charge is 2.53. The molecule has 0 aromatic heterocycles. The number of amides is 1. The summed E-state index contributed by atoms with van der Waals surface area (Å²) in [4.78, 5) is 85.4. The number of ether oxygens (including phenoxy) is 5. The number of aryl methyl sites for hydroxylation is 1. The molecule has 0 saturated carbocycles. The van der Waals surface area contributed by atoms with Gasteiger partial charge in [0.25, 0.3) is 11.7 Å². The lowest BCUT2D eigenvalue weighted by Crippen LogP contribution is -2.46. The molecule has 5 bridgehead atoms. The number of fused-ring (bicyclic) bond motifs is 14. The number of hydrogen-bond acceptors (Lipinski definition) is 14. The van der Waals surface area contributed by atoms with Crippen LogP contribution in [0.4, 0.5) is 0 Å². The zero-order valence-electron chi connectivity index (χ0n) is 37.1. The fourth-order valence-electron chi connectivity index (χ4n) is 8.06. The monoisotopic (exact) mass is 856 g/mol. The Morgan fingerprint density at radius 2 is 1.50 bits per heavy atom. The molecule has 0 saturated heterocycles. The van der Waals surface area contributed by atoms with Crippen molar-refractivity contribution >= 4 is 35.2 Å². The van der Waals surface area contributed by atoms with Crippen LogP contribution < -0.4 is 14.8 Å². The van der Waals surface area contributed by atoms with Crippen LogP contribution >= 0.6 is 0 Å². The van der Waals surface area contributed by atoms with Crippen molar-refractivity contribution in [2.75, 3.05) is 21.2 Å². The summed E-state index contributed by atoms with van der Waals surface area (Å²) in [6.45, 7) is 14.2. The Bertz CT molecular complexity index is 2290. The first-order valence-electron chi connectivity index (χ1n) is 20.4. The minimum absolute atomic E-state index is 0.0291. The third kappa shape index (κ3) is 9.01. The number of likely N-dealkylation sites (N-methyl/N-ethyl adjacent to an activating group) is 1. The normalized spacial score (nSPS) is 30.1. The highest BCUT2D eigenvalue weighted by Crippen LogP contribution is 2.49. The zero-order chi connectivity index (χ0) is 46.1. The number of methoxy groups -OCH3 is 1. The van der Waals surface area contributed by atoms with Crippen molar-refractivity contribution < 1.29 is 62.7 Å². The van der Waals surface area contributed by atoms with Gasteiger partial charge in [-0.15, -0.1) is 0 Å². The first-order chi connectivity index (χ1) is 29.1. The molecular weight excluding hydrogens is 801 g/mol. The number of ketones is 3. The molecular formula is C47H56N2O13. The fourth-order valence-corrected chi connectivity index (χ4v) is 8.06. The fraction of sp³-hybridized carbons (Fsp3) is 0.447. The van der Waals surface area contributed by atoms with Gasteiger partial charge in [-0.3, -0.25) is 24.0 Å². The number of carbonyl (C=O) groups excluding carboxylic acids is 6. The Kier molecular flexibility index (Phi) is 14.2. The number of allylic oxidation sites excluding steroid dienone is 4. The van der Waals surface area contributed by atoms with Gasteiger partial charge in [0.05, 0.1) is 46.8 Å². The average Bonchev–Trinajstić information content (AvgIpc) is 3.48. The van der Waals surface area contributed by atoms with Crippen LogP contribution in [0.2, 0.25) is 0 Å². The van der Waals surface area contributed by atoms with Gasteiger partial charge >= 0.3 is 17.7 Å². The number of aliphatic hydroxyl groups is 2. The SMILES string of the molecule is CO[C@H]1/C=C/O[C@@]2(C)Oc3c(C)c(OC(=O)c4ccc(C)cc4)c4c(c3C2=O)C(=O)C(N(C)C)=C(NC(=O)/C(C)=C\C=C\[C@H](C)[C@H](O)[C@@H](C)[C@H](O)[C@H](C)[C@H](OC(C)=O)[C@@H]1C)C4=O. The van der Waals surface area contributed by atoms with Crippen LogP contribution in [0.25, 0.3) is 0 Å². The van der Waals surface area contributed by atoms with Gasteiger partial charge in [-0.1, -0.05) is 63.6 Å². The number of hydrogen-bond donors (Lipinski definition) is 3. The van der Waals surface area contributed by atoms with Crippen molar-refractivity contribution in [1.29, 1.82) is 0 Å². The van der Waals surface area contributed by atoms with Gasteiger partial charge < -0.3 is 44.1 Å². The van der Waals surface area contributed by atoms with Crippen molar-refractivity contribution in [1.82, 2.24) is 10.2 Å². The van der Waals surface area contributed by atoms with Crippen LogP contribution in [-0.4, -0.2) is 102 Å². The van der Waals surface area contributed by atoms with E-state index in [1.807, 2.05) is 6.92 Å². The van der Waals surface area contributed by atoms with Crippen molar-refractivity contribution in [2.24, 2.45) is 23.7 Å². The van der Waals surface area contributed by atoms with Crippen LogP contribution in [0.5, 0.6) is 11.5 Å². The Labute approximate surface area is 361 Å². The Balaban J connectivity index is 1.72. The Morgan fingerprint density at radius 3 is 2.10 bits per heavy atom. The summed E-state index contributed by atoms with van der Waals surface area (Å²) in [7, 11) is 4.40. The van der Waals surface area contributed by atoms with E-state index in [-0.39, 0.29) is 39.5 Å². The van der Waals surface area contributed by atoms with E-state index in [1.165, 1.54) is 84.3 Å². The minimum Gasteiger partial charge on any atom is -0.462 e. The lowest BCUT2D eigenvalue weighted by molar-refractivity contribution is -0.160. The van der Waals surface area contributed by atoms with Crippen molar-refractivity contribution in [3.63, 3.8) is 0 Å². The van der Waals surface area contributed by atoms with Crippen LogP contribution in [0, 0.1) is 37.5 Å². The third-order valence-electron chi connectivity index (χ3n) is 11.8. The summed E-state index contributed by atoms with van der Waals surface area (Å²) < 4.78 is 29.7. The van der Waals surface area contributed by atoms with Crippen molar-refractivity contribution in [3.8, 4) is 11.5 Å². The Hall–Kier alpha value is -5.90. The minimum atomic E-state index is -2.14. The largest absolute Gasteiger partial charge is 0.462 e. The molecule has 15 heteroatoms. The molecule has 3 N–H and O–H groups in total. The number of carbonyl (C=O) groups is 6. The maximum absolute atomic E-state index is 14.8. The first kappa shape index (κ1) is 47.2. The predicted octanol–water partition coefficient (Wildman–Crippen LogP) is 5.34. The number of nitrogens with one attached hydrogen (secondary N) is 1. The van der Waals surface area contributed by atoms with Crippen LogP contribution in [0.3, 0.4) is 0 Å². The van der Waals surface area contributed by atoms with E-state index >= 15 is 0 Å². The number of Topliss-reactive ketones (excluding diaryl/α,β-unsaturated/α-hetero) is 3. The van der Waals surface area contributed by atoms with Gasteiger partial charge in [-0.25, -0.2) is 4.79 Å². The maximum atomic E-state index is 14.8. The molecule has 0 radical (unpaired) electrons. The molecule has 3 heterocycles. The number of nitrogens with zero attached hydrogens (tertiary/aromatic N) is 1. The van der Waals surface area contributed by atoms with Crippen LogP contribution in [0.15, 0.2) is 71.8 Å². The summed E-state index contributed by atoms with van der Waals surface area (Å²) in [5.74, 6) is -10.1. The molecule has 62 heavy (non-hydrogen) atoms. The Morgan fingerprint density at radius 1 is 0.855 bits per heavy atom. The molecule has 4 aliphatic rings. The molecule has 9 atom stereocenters. The van der Waals surface area contributed by atoms with E-state index in [1.54, 1.807) is 52.0 Å². The molecule has 2 aromatic carbocycles. The summed E-state index contributed by atoms with van der Waals surface area (Å²) in [5.41, 5.74) is -0.651. The van der Waals surface area contributed by atoms with E-state index in [0.29, 0.717) is 0 Å². The van der Waals surface area contributed by atoms with E-state index < -0.39 is 106 Å². The van der Waals surface area contributed by atoms with E-state index in [0.717, 1.165) is 5.56 Å². The molecule has 0 spiro atoms. The van der Waals surface area contributed by atoms with Gasteiger partial charge in [0, 0.05) is 69.9 Å². The molecule has 1 amide bonds. The molecule has 2 aromatic rings. The quantitative estimate of drug-likeness (QED) is 0.257. The summed E-state index contributed by atoms with van der Waals surface area (Å²) in [6.07, 6.45) is 3.29. The second kappa shape index (κ2) is 18.6. The summed E-state index contributed by atoms with van der Waals surface area (Å²) in [6, 6.07) is 6.47. The van der Waals surface area contributed by atoms with E-state index in [4.69, 9.17) is 23.7 Å². The van der Waals surface area contributed by atoms with Gasteiger partial charge in [-0.2, -0.15) is 0 Å². The number of aliphatic hydroxyl groups excluding tert-OH is 2. The van der Waals surface area contributed by atoms with Crippen molar-refractivity contribution in [2.45, 2.75) is 92.5 Å². The second-order valence-electron chi connectivity index (χ2n) is 16.6. The van der Waals surface area contributed by atoms with Crippen molar-refractivity contribution in [3.05, 3.63) is 105 Å². The van der Waals surface area contributed by atoms with Gasteiger partial charge in [0.15, 0.2) is 0 Å². The number of esters is 2. The predicted molar refractivity (Wildman–Crippen MR) is 226 cm³/mol. The average molecular weight is 857 g/mol. The molecule has 0 fully saturated rings. The van der Waals surface area contributed by atoms with Crippen LogP contribution in [0.1, 0.15) is 101 Å². The molecule has 0 unspecified atom stereocenters. The van der Waals surface area contributed by atoms with E-state index in [2.05, 4.69) is 5.32 Å². The molecule has 1 aliphatic carbocycles. The standard InChI is InChI=1S/C47H56N2O13/c1-22-16-18-30(19-17-22)46(57)61-42-28(7)43-34-32-33(42)39(53)35(36(40(32)54)49(10)11)48-45(56)24(3)15-13-14-23(2)37(51)26(5)38(52)27(6)41(60-29(8)50)25(4)31(58-12)20-21-59-47(9,62-43)44(34)55/h13-21,23,25-27,31,37-38,41,51-52H,1-12H3,(H,48,56)/b14-13+,21-20+,24-15-/t23-,25+,26+,27-,31-,37-,38-,41+,47-/m0/s1. The number of benzene rings is 2. The topological polar surface area (TPSA) is 204 Å². The van der Waals surface area contributed by atoms with Gasteiger partial charge in [-0.05, 0) is 39.0 Å². The summed E-state index contributed by atoms with van der Waals surface area (Å²) >= 11 is 0. The molecule has 6 rings (SSSR count). The highest BCUT2D eigenvalue weighted by atomic mass is 16.7. The molecule has 15 nitrogen and oxygen atoms in total. The lowest BCUT2D eigenvalue weighted by atomic mass is 9.78. The van der Waals surface area contributed by atoms with Crippen LogP contribution in [-0.2, 0) is 23.8 Å². The van der Waals surface area contributed by atoms with E-state index in [9.17, 15) is 39.0 Å². The summed E-state index contributed by atoms with van der Waals surface area (Å²) in [5, 5.41) is 25.5. The second-order valence-corrected chi connectivity index (χ2v) is 16.6. The van der Waals surface area contributed by atoms with Gasteiger partial charge in [0.2, 0.25) is 11.6 Å². The molecule has 332 valence electrons. The zero-order valence-corrected chi connectivity index (χ0v) is 37.1. The number of rotatable bonds is 5. The lowest BCUT2D eigenvalue weighted by Gasteiger charge is -2.38. The third-order valence-corrected chi connectivity index (χ3v) is 11.8. The highest BCUT2D eigenvalue weighted by molar-refractivity contribution is 6.32.